The molecule has 8 heteroatoms. The monoisotopic (exact) mass is 620 g/mol. The van der Waals surface area contributed by atoms with Gasteiger partial charge in [0, 0.05) is 38.6 Å². The number of carbonyl (C=O) groups is 1. The fraction of sp³-hybridized carbons (Fsp3) is 0.306. The molecule has 230 valence electrons. The number of carbonyl (C=O) groups excluding carboxylic acids is 1. The van der Waals surface area contributed by atoms with Crippen molar-refractivity contribution < 1.29 is 22.7 Å². The van der Waals surface area contributed by atoms with Crippen LogP contribution in [0, 0.1) is 0 Å². The largest absolute Gasteiger partial charge is 0.494 e. The van der Waals surface area contributed by atoms with E-state index in [9.17, 15) is 18.0 Å². The smallest absolute Gasteiger partial charge is 0.417 e. The molecule has 5 rings (SSSR count). The molecular weight excluding hydrogens is 585 g/mol. The predicted molar refractivity (Wildman–Crippen MR) is 168 cm³/mol. The minimum atomic E-state index is -4.53. The van der Waals surface area contributed by atoms with Gasteiger partial charge in [-0.25, -0.2) is 0 Å². The molecule has 0 unspecified atom stereocenters. The Labute approximate surface area is 262 Å². The highest BCUT2D eigenvalue weighted by Crippen LogP contribution is 2.37. The molecule has 0 N–H and O–H groups in total. The van der Waals surface area contributed by atoms with E-state index in [0.717, 1.165) is 42.3 Å². The van der Waals surface area contributed by atoms with Crippen LogP contribution in [-0.2, 0) is 23.9 Å². The summed E-state index contributed by atoms with van der Waals surface area (Å²) >= 11 is 6.33. The minimum Gasteiger partial charge on any atom is -0.494 e. The number of ether oxygens (including phenoxy) is 1. The molecule has 0 atom stereocenters. The van der Waals surface area contributed by atoms with Crippen LogP contribution >= 0.6 is 11.6 Å². The molecular formula is C36H36ClF3N2O2. The van der Waals surface area contributed by atoms with Crippen molar-refractivity contribution in [2.45, 2.75) is 37.9 Å². The third kappa shape index (κ3) is 8.42. The van der Waals surface area contributed by atoms with Gasteiger partial charge in [-0.15, -0.1) is 0 Å². The van der Waals surface area contributed by atoms with E-state index in [1.165, 1.54) is 6.07 Å². The first-order valence-electron chi connectivity index (χ1n) is 14.9. The summed E-state index contributed by atoms with van der Waals surface area (Å²) in [4.78, 5) is 16.4. The molecule has 1 amide bonds. The molecule has 1 fully saturated rings. The van der Waals surface area contributed by atoms with Crippen molar-refractivity contribution in [3.8, 4) is 5.75 Å². The Morgan fingerprint density at radius 2 is 1.55 bits per heavy atom. The van der Waals surface area contributed by atoms with Crippen LogP contribution in [0.15, 0.2) is 103 Å². The molecule has 1 saturated heterocycles. The number of benzene rings is 4. The zero-order chi connectivity index (χ0) is 30.9. The quantitative estimate of drug-likeness (QED) is 0.141. The molecule has 0 aromatic heterocycles. The van der Waals surface area contributed by atoms with Gasteiger partial charge in [-0.3, -0.25) is 9.69 Å². The maximum Gasteiger partial charge on any atom is 0.417 e. The van der Waals surface area contributed by atoms with Gasteiger partial charge in [-0.2, -0.15) is 13.2 Å². The van der Waals surface area contributed by atoms with Crippen LogP contribution < -0.4 is 4.74 Å². The zero-order valence-electron chi connectivity index (χ0n) is 24.5. The van der Waals surface area contributed by atoms with Gasteiger partial charge in [-0.1, -0.05) is 96.5 Å². The summed E-state index contributed by atoms with van der Waals surface area (Å²) in [5, 5.41) is -0.262. The van der Waals surface area contributed by atoms with Crippen LogP contribution in [0.4, 0.5) is 13.2 Å². The molecule has 0 saturated carbocycles. The first kappa shape index (κ1) is 31.6. The Morgan fingerprint density at radius 3 is 2.16 bits per heavy atom. The zero-order valence-corrected chi connectivity index (χ0v) is 25.2. The lowest BCUT2D eigenvalue weighted by molar-refractivity contribution is -0.137. The van der Waals surface area contributed by atoms with Gasteiger partial charge >= 0.3 is 6.18 Å². The molecule has 44 heavy (non-hydrogen) atoms. The van der Waals surface area contributed by atoms with E-state index in [-0.39, 0.29) is 23.4 Å². The Balaban J connectivity index is 1.30. The lowest BCUT2D eigenvalue weighted by atomic mass is 9.90. The van der Waals surface area contributed by atoms with Gasteiger partial charge in [-0.05, 0) is 53.3 Å². The second-order valence-electron chi connectivity index (χ2n) is 11.1. The molecule has 0 bridgehead atoms. The number of hydrogen-bond donors (Lipinski definition) is 0. The number of rotatable bonds is 13. The van der Waals surface area contributed by atoms with Crippen LogP contribution in [-0.4, -0.2) is 48.5 Å². The number of likely N-dealkylation sites (tertiary alicyclic amines) is 1. The fourth-order valence-electron chi connectivity index (χ4n) is 5.50. The summed E-state index contributed by atoms with van der Waals surface area (Å²) < 4.78 is 47.0. The van der Waals surface area contributed by atoms with Gasteiger partial charge in [0.25, 0.3) is 0 Å². The van der Waals surface area contributed by atoms with Gasteiger partial charge in [0.2, 0.25) is 5.91 Å². The summed E-state index contributed by atoms with van der Waals surface area (Å²) in [7, 11) is 0. The van der Waals surface area contributed by atoms with E-state index in [1.54, 1.807) is 6.07 Å². The second kappa shape index (κ2) is 14.8. The summed E-state index contributed by atoms with van der Waals surface area (Å²) in [5.41, 5.74) is 2.77. The maximum atomic E-state index is 13.7. The van der Waals surface area contributed by atoms with Crippen LogP contribution in [0.25, 0.3) is 0 Å². The molecule has 1 aliphatic rings. The summed E-state index contributed by atoms with van der Waals surface area (Å²) in [5.74, 6) is 0.824. The SMILES string of the molecule is O=C(Cc1cccc(OCCCN(Cc2cccc(C(F)(F)F)c2Cl)CC(c2ccccc2)c2ccccc2)c1)N1CCC1. The molecule has 4 aromatic carbocycles. The van der Waals surface area contributed by atoms with Crippen molar-refractivity contribution in [1.29, 1.82) is 0 Å². The molecule has 1 aliphatic heterocycles. The number of nitrogens with zero attached hydrogens (tertiary/aromatic N) is 2. The summed E-state index contributed by atoms with van der Waals surface area (Å²) in [6.07, 6.45) is -2.48. The van der Waals surface area contributed by atoms with Gasteiger partial charge in [0.15, 0.2) is 0 Å². The van der Waals surface area contributed by atoms with E-state index in [0.29, 0.717) is 43.9 Å². The van der Waals surface area contributed by atoms with Crippen molar-refractivity contribution in [2.75, 3.05) is 32.8 Å². The lowest BCUT2D eigenvalue weighted by Crippen LogP contribution is -2.42. The van der Waals surface area contributed by atoms with E-state index >= 15 is 0 Å². The molecule has 0 radical (unpaired) electrons. The van der Waals surface area contributed by atoms with E-state index in [1.807, 2.05) is 65.6 Å². The standard InChI is InChI=1S/C36H36ClF3N2O2/c37-35-30(16-8-18-33(35)36(38,39)40)25-41(26-32(28-12-3-1-4-13-28)29-14-5-2-6-15-29)19-10-22-44-31-17-7-11-27(23-31)24-34(43)42-20-9-21-42/h1-8,11-18,23,32H,9-10,19-22,24-26H2. The first-order valence-corrected chi connectivity index (χ1v) is 15.3. The molecule has 4 aromatic rings. The molecule has 0 spiro atoms. The van der Waals surface area contributed by atoms with Crippen molar-refractivity contribution in [3.63, 3.8) is 0 Å². The third-order valence-electron chi connectivity index (χ3n) is 7.97. The van der Waals surface area contributed by atoms with Gasteiger partial charge in [0.05, 0.1) is 23.6 Å². The number of hydrogen-bond acceptors (Lipinski definition) is 3. The molecule has 1 heterocycles. The highest BCUT2D eigenvalue weighted by Gasteiger charge is 2.34. The van der Waals surface area contributed by atoms with Crippen LogP contribution in [0.3, 0.4) is 0 Å². The number of alkyl halides is 3. The Morgan fingerprint density at radius 1 is 0.886 bits per heavy atom. The fourth-order valence-corrected chi connectivity index (χ4v) is 5.80. The third-order valence-corrected chi connectivity index (χ3v) is 8.42. The van der Waals surface area contributed by atoms with Crippen molar-refractivity contribution >= 4 is 17.5 Å². The van der Waals surface area contributed by atoms with E-state index < -0.39 is 11.7 Å². The Hall–Kier alpha value is -3.81. The van der Waals surface area contributed by atoms with Crippen LogP contribution in [0.5, 0.6) is 5.75 Å². The highest BCUT2D eigenvalue weighted by atomic mass is 35.5. The molecule has 4 nitrogen and oxygen atoms in total. The van der Waals surface area contributed by atoms with Crippen LogP contribution in [0.1, 0.15) is 46.6 Å². The van der Waals surface area contributed by atoms with Gasteiger partial charge in [0.1, 0.15) is 5.75 Å². The first-order chi connectivity index (χ1) is 21.3. The maximum absolute atomic E-state index is 13.7. The summed E-state index contributed by atoms with van der Waals surface area (Å²) in [6, 6.07) is 31.9. The topological polar surface area (TPSA) is 32.8 Å². The van der Waals surface area contributed by atoms with Crippen molar-refractivity contribution in [3.05, 3.63) is 136 Å². The Bertz CT molecular complexity index is 1470. The predicted octanol–water partition coefficient (Wildman–Crippen LogP) is 8.24. The Kier molecular flexibility index (Phi) is 10.6. The normalized spacial score (nSPS) is 13.3. The van der Waals surface area contributed by atoms with Crippen molar-refractivity contribution in [2.24, 2.45) is 0 Å². The minimum absolute atomic E-state index is 0.00326. The van der Waals surface area contributed by atoms with Gasteiger partial charge < -0.3 is 9.64 Å². The average molecular weight is 621 g/mol. The summed E-state index contributed by atoms with van der Waals surface area (Å²) in [6.45, 7) is 3.48. The van der Waals surface area contributed by atoms with E-state index in [2.05, 4.69) is 29.2 Å². The van der Waals surface area contributed by atoms with E-state index in [4.69, 9.17) is 16.3 Å². The van der Waals surface area contributed by atoms with Crippen LogP contribution in [0.2, 0.25) is 5.02 Å². The number of halogens is 4. The average Bonchev–Trinajstić information content (AvgIpc) is 2.98. The number of amides is 1. The highest BCUT2D eigenvalue weighted by molar-refractivity contribution is 6.32. The second-order valence-corrected chi connectivity index (χ2v) is 11.5. The van der Waals surface area contributed by atoms with Crippen molar-refractivity contribution in [1.82, 2.24) is 9.80 Å². The lowest BCUT2D eigenvalue weighted by Gasteiger charge is -2.31. The molecule has 0 aliphatic carbocycles.